The van der Waals surface area contributed by atoms with Gasteiger partial charge in [-0.05, 0) is 25.0 Å². The van der Waals surface area contributed by atoms with Crippen LogP contribution in [0, 0.1) is 17.6 Å². The van der Waals surface area contributed by atoms with E-state index in [0.29, 0.717) is 32.0 Å². The lowest BCUT2D eigenvalue weighted by Crippen LogP contribution is -2.43. The number of likely N-dealkylation sites (tertiary alicyclic amines) is 1. The number of piperidine rings is 1. The molecule has 7 heteroatoms. The second-order valence-corrected chi connectivity index (χ2v) is 4.92. The molecule has 0 aromatic heterocycles. The quantitative estimate of drug-likeness (QED) is 0.903. The van der Waals surface area contributed by atoms with Gasteiger partial charge >= 0.3 is 0 Å². The van der Waals surface area contributed by atoms with Crippen molar-refractivity contribution in [1.82, 2.24) is 4.90 Å². The summed E-state index contributed by atoms with van der Waals surface area (Å²) >= 11 is 0. The van der Waals surface area contributed by atoms with Crippen LogP contribution in [0.4, 0.5) is 8.78 Å². The van der Waals surface area contributed by atoms with Crippen molar-refractivity contribution in [2.75, 3.05) is 19.7 Å². The molecule has 5 nitrogen and oxygen atoms in total. The van der Waals surface area contributed by atoms with Crippen LogP contribution in [0.15, 0.2) is 18.2 Å². The monoisotopic (exact) mass is 298 g/mol. The summed E-state index contributed by atoms with van der Waals surface area (Å²) in [4.78, 5) is 24.5. The number of nitrogens with zero attached hydrogens (tertiary/aromatic N) is 1. The Labute approximate surface area is 120 Å². The van der Waals surface area contributed by atoms with Crippen LogP contribution in [-0.4, -0.2) is 36.4 Å². The second kappa shape index (κ2) is 6.51. The first-order valence-corrected chi connectivity index (χ1v) is 6.62. The zero-order valence-electron chi connectivity index (χ0n) is 11.4. The number of amides is 2. The molecule has 2 amide bonds. The number of rotatable bonds is 4. The Morgan fingerprint density at radius 2 is 1.95 bits per heavy atom. The molecule has 0 unspecified atom stereocenters. The molecule has 21 heavy (non-hydrogen) atoms. The van der Waals surface area contributed by atoms with E-state index in [0.717, 1.165) is 12.1 Å². The third kappa shape index (κ3) is 3.90. The van der Waals surface area contributed by atoms with E-state index in [1.54, 1.807) is 4.90 Å². The molecule has 0 atom stereocenters. The summed E-state index contributed by atoms with van der Waals surface area (Å²) in [5.74, 6) is -2.59. The molecule has 1 heterocycles. The highest BCUT2D eigenvalue weighted by Gasteiger charge is 2.26. The number of hydrogen-bond donors (Lipinski definition) is 1. The first kappa shape index (κ1) is 15.2. The van der Waals surface area contributed by atoms with Crippen molar-refractivity contribution in [1.29, 1.82) is 0 Å². The lowest BCUT2D eigenvalue weighted by atomic mass is 9.96. The topological polar surface area (TPSA) is 72.6 Å². The van der Waals surface area contributed by atoms with Crippen molar-refractivity contribution in [2.24, 2.45) is 11.7 Å². The Bertz CT molecular complexity index is 543. The molecule has 2 N–H and O–H groups in total. The molecule has 1 aliphatic heterocycles. The van der Waals surface area contributed by atoms with Crippen LogP contribution >= 0.6 is 0 Å². The number of carbonyl (C=O) groups excluding carboxylic acids is 2. The Kier molecular flexibility index (Phi) is 4.72. The van der Waals surface area contributed by atoms with Crippen LogP contribution in [-0.2, 0) is 9.59 Å². The fraction of sp³-hybridized carbons (Fsp3) is 0.429. The molecule has 0 radical (unpaired) electrons. The summed E-state index contributed by atoms with van der Waals surface area (Å²) in [6.07, 6.45) is 1.04. The minimum absolute atomic E-state index is 0.170. The van der Waals surface area contributed by atoms with Gasteiger partial charge in [-0.25, -0.2) is 8.78 Å². The minimum atomic E-state index is -0.852. The average molecular weight is 298 g/mol. The molecule has 1 aromatic carbocycles. The third-order valence-electron chi connectivity index (χ3n) is 3.50. The number of hydrogen-bond acceptors (Lipinski definition) is 3. The largest absolute Gasteiger partial charge is 0.481 e. The van der Waals surface area contributed by atoms with Gasteiger partial charge in [0, 0.05) is 25.1 Å². The van der Waals surface area contributed by atoms with Crippen molar-refractivity contribution in [3.8, 4) is 5.75 Å². The maximum atomic E-state index is 13.3. The summed E-state index contributed by atoms with van der Waals surface area (Å²) in [6, 6.07) is 2.89. The van der Waals surface area contributed by atoms with Crippen molar-refractivity contribution < 1.29 is 23.1 Å². The molecule has 0 aliphatic carbocycles. The van der Waals surface area contributed by atoms with Gasteiger partial charge in [0.05, 0.1) is 0 Å². The lowest BCUT2D eigenvalue weighted by molar-refractivity contribution is -0.136. The average Bonchev–Trinajstić information content (AvgIpc) is 2.46. The van der Waals surface area contributed by atoms with E-state index in [1.807, 2.05) is 0 Å². The minimum Gasteiger partial charge on any atom is -0.481 e. The van der Waals surface area contributed by atoms with E-state index < -0.39 is 11.6 Å². The molecule has 1 saturated heterocycles. The predicted octanol–water partition coefficient (Wildman–Crippen LogP) is 1.07. The highest BCUT2D eigenvalue weighted by Crippen LogP contribution is 2.19. The van der Waals surface area contributed by atoms with Gasteiger partial charge in [0.2, 0.25) is 5.91 Å². The molecule has 0 saturated carbocycles. The SMILES string of the molecule is NC(=O)C1CCN(C(=O)COc2ccc(F)cc2F)CC1. The second-order valence-electron chi connectivity index (χ2n) is 4.92. The van der Waals surface area contributed by atoms with Crippen molar-refractivity contribution >= 4 is 11.8 Å². The van der Waals surface area contributed by atoms with E-state index in [1.165, 1.54) is 0 Å². The number of benzene rings is 1. The first-order chi connectivity index (χ1) is 9.97. The summed E-state index contributed by atoms with van der Waals surface area (Å²) < 4.78 is 31.1. The molecule has 1 aliphatic rings. The van der Waals surface area contributed by atoms with Crippen molar-refractivity contribution in [3.63, 3.8) is 0 Å². The molecule has 1 fully saturated rings. The van der Waals surface area contributed by atoms with E-state index >= 15 is 0 Å². The number of halogens is 2. The van der Waals surface area contributed by atoms with Crippen molar-refractivity contribution in [3.05, 3.63) is 29.8 Å². The summed E-state index contributed by atoms with van der Waals surface area (Å²) in [5.41, 5.74) is 5.21. The third-order valence-corrected chi connectivity index (χ3v) is 3.50. The molecule has 0 spiro atoms. The van der Waals surface area contributed by atoms with Gasteiger partial charge in [0.25, 0.3) is 5.91 Å². The predicted molar refractivity (Wildman–Crippen MR) is 70.4 cm³/mol. The Hall–Kier alpha value is -2.18. The summed E-state index contributed by atoms with van der Waals surface area (Å²) in [7, 11) is 0. The zero-order valence-corrected chi connectivity index (χ0v) is 11.4. The van der Waals surface area contributed by atoms with Crippen LogP contribution < -0.4 is 10.5 Å². The standard InChI is InChI=1S/C14H16F2N2O3/c15-10-1-2-12(11(16)7-10)21-8-13(19)18-5-3-9(4-6-18)14(17)20/h1-2,7,9H,3-6,8H2,(H2,17,20). The van der Waals surface area contributed by atoms with Crippen LogP contribution in [0.2, 0.25) is 0 Å². The number of carbonyl (C=O) groups is 2. The van der Waals surface area contributed by atoms with Crippen LogP contribution in [0.3, 0.4) is 0 Å². The van der Waals surface area contributed by atoms with Gasteiger partial charge in [-0.3, -0.25) is 9.59 Å². The Morgan fingerprint density at radius 1 is 1.29 bits per heavy atom. The van der Waals surface area contributed by atoms with E-state index in [-0.39, 0.29) is 30.1 Å². The van der Waals surface area contributed by atoms with Gasteiger partial charge in [-0.2, -0.15) is 0 Å². The first-order valence-electron chi connectivity index (χ1n) is 6.62. The molecule has 2 rings (SSSR count). The zero-order chi connectivity index (χ0) is 15.4. The number of ether oxygens (including phenoxy) is 1. The Morgan fingerprint density at radius 3 is 2.52 bits per heavy atom. The summed E-state index contributed by atoms with van der Waals surface area (Å²) in [5, 5.41) is 0. The van der Waals surface area contributed by atoms with Gasteiger partial charge < -0.3 is 15.4 Å². The number of primary amides is 1. The smallest absolute Gasteiger partial charge is 0.260 e. The van der Waals surface area contributed by atoms with Gasteiger partial charge in [-0.1, -0.05) is 0 Å². The molecular formula is C14H16F2N2O3. The number of nitrogens with two attached hydrogens (primary N) is 1. The van der Waals surface area contributed by atoms with Gasteiger partial charge in [0.15, 0.2) is 18.2 Å². The summed E-state index contributed by atoms with van der Waals surface area (Å²) in [6.45, 7) is 0.507. The highest BCUT2D eigenvalue weighted by molar-refractivity contribution is 5.79. The fourth-order valence-electron chi connectivity index (χ4n) is 2.24. The molecule has 0 bridgehead atoms. The lowest BCUT2D eigenvalue weighted by Gasteiger charge is -2.30. The van der Waals surface area contributed by atoms with E-state index in [2.05, 4.69) is 0 Å². The van der Waals surface area contributed by atoms with Gasteiger partial charge in [-0.15, -0.1) is 0 Å². The van der Waals surface area contributed by atoms with Crippen molar-refractivity contribution in [2.45, 2.75) is 12.8 Å². The van der Waals surface area contributed by atoms with E-state index in [9.17, 15) is 18.4 Å². The van der Waals surface area contributed by atoms with Gasteiger partial charge in [0.1, 0.15) is 5.82 Å². The normalized spacial score (nSPS) is 15.8. The maximum absolute atomic E-state index is 13.3. The van der Waals surface area contributed by atoms with Crippen LogP contribution in [0.25, 0.3) is 0 Å². The van der Waals surface area contributed by atoms with Crippen LogP contribution in [0.5, 0.6) is 5.75 Å². The van der Waals surface area contributed by atoms with Crippen LogP contribution in [0.1, 0.15) is 12.8 Å². The molecule has 114 valence electrons. The maximum Gasteiger partial charge on any atom is 0.260 e. The molecular weight excluding hydrogens is 282 g/mol. The van der Waals surface area contributed by atoms with E-state index in [4.69, 9.17) is 10.5 Å². The molecule has 1 aromatic rings. The Balaban J connectivity index is 1.84. The highest BCUT2D eigenvalue weighted by atomic mass is 19.1. The fourth-order valence-corrected chi connectivity index (χ4v) is 2.24.